The van der Waals surface area contributed by atoms with Gasteiger partial charge < -0.3 is 9.47 Å². The van der Waals surface area contributed by atoms with E-state index in [0.717, 1.165) is 19.3 Å². The number of carbonyl (C=O) groups is 1. The Labute approximate surface area is 106 Å². The van der Waals surface area contributed by atoms with Crippen molar-refractivity contribution >= 4 is 5.97 Å². The van der Waals surface area contributed by atoms with Crippen LogP contribution in [-0.4, -0.2) is 19.7 Å². The quantitative estimate of drug-likeness (QED) is 0.765. The zero-order chi connectivity index (χ0) is 13.0. The zero-order valence-electron chi connectivity index (χ0n) is 10.3. The molecule has 4 nitrogen and oxygen atoms in total. The van der Waals surface area contributed by atoms with Crippen LogP contribution in [0.15, 0.2) is 24.3 Å². The lowest BCUT2D eigenvalue weighted by Crippen LogP contribution is -2.34. The Morgan fingerprint density at radius 3 is 2.83 bits per heavy atom. The summed E-state index contributed by atoms with van der Waals surface area (Å²) in [6.07, 6.45) is 2.86. The summed E-state index contributed by atoms with van der Waals surface area (Å²) >= 11 is 0. The molecule has 4 heteroatoms. The summed E-state index contributed by atoms with van der Waals surface area (Å²) in [5, 5.41) is 9.09. The van der Waals surface area contributed by atoms with Gasteiger partial charge in [-0.2, -0.15) is 5.26 Å². The van der Waals surface area contributed by atoms with Gasteiger partial charge in [0.25, 0.3) is 0 Å². The van der Waals surface area contributed by atoms with Gasteiger partial charge in [-0.1, -0.05) is 12.5 Å². The minimum atomic E-state index is -0.390. The standard InChI is InChI=1S/C14H15NO3/c1-17-13(16)11-4-2-5-12(8-11)18-10-14(9-15)6-3-7-14/h2,4-5,8H,3,6-7,10H2,1H3. The number of benzene rings is 1. The van der Waals surface area contributed by atoms with Crippen LogP contribution in [-0.2, 0) is 4.74 Å². The van der Waals surface area contributed by atoms with E-state index in [1.807, 2.05) is 0 Å². The Bertz CT molecular complexity index is 486. The highest BCUT2D eigenvalue weighted by Crippen LogP contribution is 2.40. The molecule has 1 aromatic carbocycles. The number of hydrogen-bond donors (Lipinski definition) is 0. The maximum atomic E-state index is 11.4. The van der Waals surface area contributed by atoms with Gasteiger partial charge in [0.1, 0.15) is 12.4 Å². The molecule has 2 rings (SSSR count). The number of ether oxygens (including phenoxy) is 2. The van der Waals surface area contributed by atoms with Gasteiger partial charge in [-0.25, -0.2) is 4.79 Å². The minimum Gasteiger partial charge on any atom is -0.492 e. The number of carbonyl (C=O) groups excluding carboxylic acids is 1. The first-order chi connectivity index (χ1) is 8.69. The largest absolute Gasteiger partial charge is 0.492 e. The van der Waals surface area contributed by atoms with E-state index in [1.54, 1.807) is 24.3 Å². The molecule has 1 aliphatic carbocycles. The van der Waals surface area contributed by atoms with E-state index in [1.165, 1.54) is 7.11 Å². The molecule has 0 amide bonds. The van der Waals surface area contributed by atoms with Crippen molar-refractivity contribution in [2.45, 2.75) is 19.3 Å². The molecule has 0 saturated heterocycles. The molecule has 1 aliphatic rings. The predicted octanol–water partition coefficient (Wildman–Crippen LogP) is 2.55. The lowest BCUT2D eigenvalue weighted by Gasteiger charge is -2.34. The van der Waals surface area contributed by atoms with Gasteiger partial charge in [0.2, 0.25) is 0 Å². The third-order valence-corrected chi connectivity index (χ3v) is 3.32. The van der Waals surface area contributed by atoms with Crippen LogP contribution in [0.1, 0.15) is 29.6 Å². The van der Waals surface area contributed by atoms with Crippen LogP contribution in [0, 0.1) is 16.7 Å². The average Bonchev–Trinajstić information content (AvgIpc) is 2.37. The third kappa shape index (κ3) is 2.45. The molecule has 1 fully saturated rings. The van der Waals surface area contributed by atoms with Gasteiger partial charge >= 0.3 is 5.97 Å². The highest BCUT2D eigenvalue weighted by Gasteiger charge is 2.38. The molecule has 18 heavy (non-hydrogen) atoms. The van der Waals surface area contributed by atoms with Crippen LogP contribution in [0.2, 0.25) is 0 Å². The van der Waals surface area contributed by atoms with Crippen LogP contribution in [0.25, 0.3) is 0 Å². The van der Waals surface area contributed by atoms with E-state index in [-0.39, 0.29) is 11.4 Å². The SMILES string of the molecule is COC(=O)c1cccc(OCC2(C#N)CCC2)c1. The molecular weight excluding hydrogens is 230 g/mol. The molecule has 1 aromatic rings. The van der Waals surface area contributed by atoms with E-state index in [9.17, 15) is 4.79 Å². The summed E-state index contributed by atoms with van der Waals surface area (Å²) in [6.45, 7) is 0.383. The van der Waals surface area contributed by atoms with Crippen LogP contribution in [0.5, 0.6) is 5.75 Å². The molecular formula is C14H15NO3. The van der Waals surface area contributed by atoms with Crippen molar-refractivity contribution in [2.75, 3.05) is 13.7 Å². The maximum Gasteiger partial charge on any atom is 0.337 e. The Morgan fingerprint density at radius 2 is 2.28 bits per heavy atom. The van der Waals surface area contributed by atoms with Crippen LogP contribution < -0.4 is 4.74 Å². The Balaban J connectivity index is 2.02. The van der Waals surface area contributed by atoms with Crippen molar-refractivity contribution in [3.63, 3.8) is 0 Å². The van der Waals surface area contributed by atoms with Crippen LogP contribution in [0.4, 0.5) is 0 Å². The predicted molar refractivity (Wildman–Crippen MR) is 65.2 cm³/mol. The zero-order valence-corrected chi connectivity index (χ0v) is 10.3. The number of nitrogens with zero attached hydrogens (tertiary/aromatic N) is 1. The fraction of sp³-hybridized carbons (Fsp3) is 0.429. The molecule has 0 N–H and O–H groups in total. The van der Waals surface area contributed by atoms with Crippen LogP contribution in [0.3, 0.4) is 0 Å². The second-order valence-corrected chi connectivity index (χ2v) is 4.55. The molecule has 0 radical (unpaired) electrons. The highest BCUT2D eigenvalue weighted by atomic mass is 16.5. The normalized spacial score (nSPS) is 16.2. The molecule has 0 bridgehead atoms. The van der Waals surface area contributed by atoms with Crippen molar-refractivity contribution in [1.29, 1.82) is 5.26 Å². The van der Waals surface area contributed by atoms with Crippen molar-refractivity contribution in [3.8, 4) is 11.8 Å². The van der Waals surface area contributed by atoms with Gasteiger partial charge in [0, 0.05) is 0 Å². The third-order valence-electron chi connectivity index (χ3n) is 3.32. The second-order valence-electron chi connectivity index (χ2n) is 4.55. The Kier molecular flexibility index (Phi) is 3.52. The van der Waals surface area contributed by atoms with Gasteiger partial charge in [-0.3, -0.25) is 0 Å². The molecule has 0 spiro atoms. The molecule has 0 heterocycles. The summed E-state index contributed by atoms with van der Waals surface area (Å²) in [7, 11) is 1.34. The van der Waals surface area contributed by atoms with Crippen molar-refractivity contribution < 1.29 is 14.3 Å². The topological polar surface area (TPSA) is 59.3 Å². The van der Waals surface area contributed by atoms with Gasteiger partial charge in [0.05, 0.1) is 24.2 Å². The second kappa shape index (κ2) is 5.09. The van der Waals surface area contributed by atoms with Crippen molar-refractivity contribution in [3.05, 3.63) is 29.8 Å². The minimum absolute atomic E-state index is 0.332. The lowest BCUT2D eigenvalue weighted by atomic mass is 9.71. The Morgan fingerprint density at radius 1 is 1.50 bits per heavy atom. The number of rotatable bonds is 4. The molecule has 94 valence electrons. The Hall–Kier alpha value is -2.02. The molecule has 0 atom stereocenters. The smallest absolute Gasteiger partial charge is 0.337 e. The number of methoxy groups -OCH3 is 1. The van der Waals surface area contributed by atoms with E-state index >= 15 is 0 Å². The van der Waals surface area contributed by atoms with Crippen molar-refractivity contribution in [1.82, 2.24) is 0 Å². The first-order valence-corrected chi connectivity index (χ1v) is 5.91. The average molecular weight is 245 g/mol. The first kappa shape index (κ1) is 12.4. The number of hydrogen-bond acceptors (Lipinski definition) is 4. The van der Waals surface area contributed by atoms with Gasteiger partial charge in [-0.15, -0.1) is 0 Å². The summed E-state index contributed by atoms with van der Waals surface area (Å²) in [4.78, 5) is 11.4. The first-order valence-electron chi connectivity index (χ1n) is 5.91. The fourth-order valence-corrected chi connectivity index (χ4v) is 1.94. The van der Waals surface area contributed by atoms with Gasteiger partial charge in [0.15, 0.2) is 0 Å². The van der Waals surface area contributed by atoms with E-state index in [4.69, 9.17) is 10.00 Å². The van der Waals surface area contributed by atoms with E-state index < -0.39 is 0 Å². The number of esters is 1. The number of nitriles is 1. The van der Waals surface area contributed by atoms with Gasteiger partial charge in [-0.05, 0) is 31.0 Å². The highest BCUT2D eigenvalue weighted by molar-refractivity contribution is 5.89. The molecule has 1 saturated carbocycles. The van der Waals surface area contributed by atoms with E-state index in [2.05, 4.69) is 10.8 Å². The molecule has 0 aromatic heterocycles. The molecule has 0 aliphatic heterocycles. The molecule has 0 unspecified atom stereocenters. The monoisotopic (exact) mass is 245 g/mol. The van der Waals surface area contributed by atoms with Crippen LogP contribution >= 0.6 is 0 Å². The summed E-state index contributed by atoms with van der Waals surface area (Å²) < 4.78 is 10.3. The van der Waals surface area contributed by atoms with Crippen molar-refractivity contribution in [2.24, 2.45) is 5.41 Å². The maximum absolute atomic E-state index is 11.4. The van der Waals surface area contributed by atoms with E-state index in [0.29, 0.717) is 17.9 Å². The lowest BCUT2D eigenvalue weighted by molar-refractivity contribution is 0.0599. The summed E-state index contributed by atoms with van der Waals surface area (Å²) in [5.41, 5.74) is 0.121. The summed E-state index contributed by atoms with van der Waals surface area (Å²) in [6, 6.07) is 9.13. The summed E-state index contributed by atoms with van der Waals surface area (Å²) in [5.74, 6) is 0.207. The fourth-order valence-electron chi connectivity index (χ4n) is 1.94.